The normalized spacial score (nSPS) is 10.9. The summed E-state index contributed by atoms with van der Waals surface area (Å²) in [5, 5.41) is 13.5. The molecule has 3 aromatic rings. The van der Waals surface area contributed by atoms with E-state index in [9.17, 15) is 4.79 Å². The van der Waals surface area contributed by atoms with Gasteiger partial charge >= 0.3 is 6.03 Å². The Hall–Kier alpha value is -2.88. The number of thiazole rings is 1. The molecule has 0 atom stereocenters. The minimum absolute atomic E-state index is 0.200. The molecule has 136 valence electrons. The van der Waals surface area contributed by atoms with Crippen LogP contribution in [0.5, 0.6) is 0 Å². The number of nitrogens with one attached hydrogen (secondary N) is 1. The van der Waals surface area contributed by atoms with Crippen LogP contribution in [0.4, 0.5) is 4.79 Å². The Balaban J connectivity index is 1.55. The molecule has 0 aliphatic heterocycles. The molecular formula is C16H20N8OS. The molecule has 0 aliphatic rings. The SMILES string of the molecule is CC(C)n1cnnc1CN(C)C(=O)NCc1csc(-c2ncccn2)n1. The molecule has 10 heteroatoms. The lowest BCUT2D eigenvalue weighted by atomic mass is 10.4. The molecule has 3 aromatic heterocycles. The first kappa shape index (κ1) is 17.9. The molecule has 3 heterocycles. The predicted octanol–water partition coefficient (Wildman–Crippen LogP) is 2.11. The monoisotopic (exact) mass is 372 g/mol. The van der Waals surface area contributed by atoms with E-state index in [1.165, 1.54) is 11.3 Å². The molecule has 0 saturated heterocycles. The molecule has 1 N–H and O–H groups in total. The third kappa shape index (κ3) is 4.20. The van der Waals surface area contributed by atoms with Gasteiger partial charge in [0.25, 0.3) is 0 Å². The number of hydrogen-bond acceptors (Lipinski definition) is 7. The van der Waals surface area contributed by atoms with Gasteiger partial charge < -0.3 is 14.8 Å². The zero-order valence-electron chi connectivity index (χ0n) is 14.8. The van der Waals surface area contributed by atoms with Crippen molar-refractivity contribution in [3.63, 3.8) is 0 Å². The summed E-state index contributed by atoms with van der Waals surface area (Å²) >= 11 is 1.45. The average molecular weight is 372 g/mol. The van der Waals surface area contributed by atoms with Gasteiger partial charge in [-0.1, -0.05) is 0 Å². The second-order valence-electron chi connectivity index (χ2n) is 5.98. The van der Waals surface area contributed by atoms with E-state index in [0.717, 1.165) is 16.5 Å². The van der Waals surface area contributed by atoms with Crippen LogP contribution in [0.15, 0.2) is 30.2 Å². The topological polar surface area (TPSA) is 102 Å². The summed E-state index contributed by atoms with van der Waals surface area (Å²) in [4.78, 5) is 26.7. The molecule has 0 radical (unpaired) electrons. The van der Waals surface area contributed by atoms with E-state index in [0.29, 0.717) is 18.9 Å². The van der Waals surface area contributed by atoms with Crippen LogP contribution in [0.3, 0.4) is 0 Å². The van der Waals surface area contributed by atoms with E-state index in [1.807, 2.05) is 23.8 Å². The molecule has 0 spiro atoms. The number of aromatic nitrogens is 6. The Labute approximate surface area is 155 Å². The second kappa shape index (κ2) is 8.00. The molecule has 0 unspecified atom stereocenters. The fourth-order valence-electron chi connectivity index (χ4n) is 2.30. The smallest absolute Gasteiger partial charge is 0.317 e. The molecule has 0 aliphatic carbocycles. The Kier molecular flexibility index (Phi) is 5.52. The summed E-state index contributed by atoms with van der Waals surface area (Å²) in [6.45, 7) is 4.81. The second-order valence-corrected chi connectivity index (χ2v) is 6.84. The van der Waals surface area contributed by atoms with Crippen LogP contribution in [0.1, 0.15) is 31.4 Å². The van der Waals surface area contributed by atoms with Crippen molar-refractivity contribution >= 4 is 17.4 Å². The molecule has 0 fully saturated rings. The van der Waals surface area contributed by atoms with Crippen molar-refractivity contribution in [1.29, 1.82) is 0 Å². The van der Waals surface area contributed by atoms with Gasteiger partial charge in [-0.25, -0.2) is 19.7 Å². The highest BCUT2D eigenvalue weighted by Crippen LogP contribution is 2.19. The summed E-state index contributed by atoms with van der Waals surface area (Å²) in [5.41, 5.74) is 0.768. The van der Waals surface area contributed by atoms with E-state index < -0.39 is 0 Å². The molecule has 3 rings (SSSR count). The van der Waals surface area contributed by atoms with Crippen LogP contribution in [-0.4, -0.2) is 47.7 Å². The van der Waals surface area contributed by atoms with Gasteiger partial charge in [0.1, 0.15) is 6.33 Å². The molecular weight excluding hydrogens is 352 g/mol. The van der Waals surface area contributed by atoms with Crippen molar-refractivity contribution in [2.45, 2.75) is 33.0 Å². The number of rotatable bonds is 6. The van der Waals surface area contributed by atoms with Crippen molar-refractivity contribution < 1.29 is 4.79 Å². The average Bonchev–Trinajstić information content (AvgIpc) is 3.29. The minimum atomic E-state index is -0.200. The van der Waals surface area contributed by atoms with Crippen LogP contribution >= 0.6 is 11.3 Å². The quantitative estimate of drug-likeness (QED) is 0.711. The molecule has 26 heavy (non-hydrogen) atoms. The van der Waals surface area contributed by atoms with Gasteiger partial charge in [-0.3, -0.25) is 0 Å². The maximum atomic E-state index is 12.3. The number of carbonyl (C=O) groups is 1. The number of carbonyl (C=O) groups excluding carboxylic acids is 1. The Morgan fingerprint density at radius 2 is 2.12 bits per heavy atom. The van der Waals surface area contributed by atoms with Crippen LogP contribution in [-0.2, 0) is 13.1 Å². The number of nitrogens with zero attached hydrogens (tertiary/aromatic N) is 7. The van der Waals surface area contributed by atoms with Gasteiger partial charge in [-0.15, -0.1) is 21.5 Å². The van der Waals surface area contributed by atoms with E-state index in [4.69, 9.17) is 0 Å². The van der Waals surface area contributed by atoms with Crippen molar-refractivity contribution in [3.8, 4) is 10.8 Å². The third-order valence-corrected chi connectivity index (χ3v) is 4.55. The predicted molar refractivity (Wildman–Crippen MR) is 97.2 cm³/mol. The van der Waals surface area contributed by atoms with Crippen LogP contribution in [0, 0.1) is 0 Å². The maximum absolute atomic E-state index is 12.3. The maximum Gasteiger partial charge on any atom is 0.317 e. The lowest BCUT2D eigenvalue weighted by molar-refractivity contribution is 0.204. The zero-order chi connectivity index (χ0) is 18.5. The van der Waals surface area contributed by atoms with Crippen LogP contribution in [0.25, 0.3) is 10.8 Å². The Morgan fingerprint density at radius 1 is 1.35 bits per heavy atom. The number of amides is 2. The van der Waals surface area contributed by atoms with Gasteiger partial charge in [0.05, 0.1) is 18.8 Å². The standard InChI is InChI=1S/C16H20N8OS/c1-11(2)24-10-20-22-13(24)8-23(3)16(25)19-7-12-9-26-15(21-12)14-17-5-4-6-18-14/h4-6,9-11H,7-8H2,1-3H3,(H,19,25). The van der Waals surface area contributed by atoms with Crippen LogP contribution in [0.2, 0.25) is 0 Å². The fraction of sp³-hybridized carbons (Fsp3) is 0.375. The summed E-state index contributed by atoms with van der Waals surface area (Å²) in [6, 6.07) is 1.80. The minimum Gasteiger partial charge on any atom is -0.332 e. The summed E-state index contributed by atoms with van der Waals surface area (Å²) in [7, 11) is 1.72. The van der Waals surface area contributed by atoms with E-state index in [2.05, 4.69) is 30.5 Å². The number of urea groups is 1. The van der Waals surface area contributed by atoms with E-state index in [1.54, 1.807) is 36.7 Å². The van der Waals surface area contributed by atoms with E-state index >= 15 is 0 Å². The first-order chi connectivity index (χ1) is 12.5. The van der Waals surface area contributed by atoms with Crippen LogP contribution < -0.4 is 5.32 Å². The first-order valence-electron chi connectivity index (χ1n) is 8.13. The summed E-state index contributed by atoms with van der Waals surface area (Å²) in [5.74, 6) is 1.33. The van der Waals surface area contributed by atoms with Crippen molar-refractivity contribution in [3.05, 3.63) is 41.7 Å². The molecule has 0 bridgehead atoms. The van der Waals surface area contributed by atoms with Crippen molar-refractivity contribution in [2.24, 2.45) is 0 Å². The highest BCUT2D eigenvalue weighted by atomic mass is 32.1. The molecule has 2 amide bonds. The van der Waals surface area contributed by atoms with Gasteiger partial charge in [0, 0.05) is 30.9 Å². The molecule has 0 saturated carbocycles. The Morgan fingerprint density at radius 3 is 2.85 bits per heavy atom. The fourth-order valence-corrected chi connectivity index (χ4v) is 3.06. The van der Waals surface area contributed by atoms with Gasteiger partial charge in [-0.2, -0.15) is 0 Å². The lowest BCUT2D eigenvalue weighted by Crippen LogP contribution is -2.37. The van der Waals surface area contributed by atoms with E-state index in [-0.39, 0.29) is 12.1 Å². The highest BCUT2D eigenvalue weighted by Gasteiger charge is 2.15. The summed E-state index contributed by atoms with van der Waals surface area (Å²) in [6.07, 6.45) is 5.03. The largest absolute Gasteiger partial charge is 0.332 e. The molecule has 0 aromatic carbocycles. The zero-order valence-corrected chi connectivity index (χ0v) is 15.6. The van der Waals surface area contributed by atoms with Crippen molar-refractivity contribution in [1.82, 2.24) is 39.9 Å². The lowest BCUT2D eigenvalue weighted by Gasteiger charge is -2.18. The van der Waals surface area contributed by atoms with Gasteiger partial charge in [-0.05, 0) is 19.9 Å². The third-order valence-electron chi connectivity index (χ3n) is 3.66. The summed E-state index contributed by atoms with van der Waals surface area (Å²) < 4.78 is 1.94. The van der Waals surface area contributed by atoms with Gasteiger partial charge in [0.15, 0.2) is 16.7 Å². The highest BCUT2D eigenvalue weighted by molar-refractivity contribution is 7.13. The van der Waals surface area contributed by atoms with Crippen molar-refractivity contribution in [2.75, 3.05) is 7.05 Å². The van der Waals surface area contributed by atoms with Gasteiger partial charge in [0.2, 0.25) is 0 Å². The first-order valence-corrected chi connectivity index (χ1v) is 9.01. The number of hydrogen-bond donors (Lipinski definition) is 1. The Bertz CT molecular complexity index is 860. The molecule has 9 nitrogen and oxygen atoms in total.